The monoisotopic (exact) mass is 366 g/mol. The van der Waals surface area contributed by atoms with E-state index in [0.29, 0.717) is 18.0 Å². The van der Waals surface area contributed by atoms with Crippen LogP contribution in [-0.2, 0) is 13.6 Å². The average Bonchev–Trinajstić information content (AvgIpc) is 3.37. The van der Waals surface area contributed by atoms with Crippen molar-refractivity contribution in [1.82, 2.24) is 29.8 Å². The first-order valence-corrected chi connectivity index (χ1v) is 9.23. The summed E-state index contributed by atoms with van der Waals surface area (Å²) in [4.78, 5) is 14.0. The Kier molecular flexibility index (Phi) is 4.01. The normalized spacial score (nSPS) is 22.3. The van der Waals surface area contributed by atoms with Crippen LogP contribution in [0.2, 0.25) is 0 Å². The first-order valence-electron chi connectivity index (χ1n) is 9.23. The van der Waals surface area contributed by atoms with Crippen LogP contribution in [0.15, 0.2) is 41.4 Å². The van der Waals surface area contributed by atoms with Gasteiger partial charge in [-0.2, -0.15) is 10.1 Å². The highest BCUT2D eigenvalue weighted by Gasteiger charge is 2.40. The Bertz CT molecular complexity index is 894. The van der Waals surface area contributed by atoms with Gasteiger partial charge in [-0.25, -0.2) is 4.98 Å². The summed E-state index contributed by atoms with van der Waals surface area (Å²) in [5.41, 5.74) is 0.881. The van der Waals surface area contributed by atoms with Crippen molar-refractivity contribution in [3.63, 3.8) is 0 Å². The predicted molar refractivity (Wildman–Crippen MR) is 99.6 cm³/mol. The number of fused-ring (bicyclic) bond motifs is 2. The molecular formula is C18H22N8O. The lowest BCUT2D eigenvalue weighted by Gasteiger charge is -2.41. The largest absolute Gasteiger partial charge is 0.360 e. The zero-order valence-electron chi connectivity index (χ0n) is 15.2. The van der Waals surface area contributed by atoms with Gasteiger partial charge in [-0.1, -0.05) is 5.16 Å². The Morgan fingerprint density at radius 3 is 2.74 bits per heavy atom. The Morgan fingerprint density at radius 1 is 1.19 bits per heavy atom. The smallest absolute Gasteiger partial charge is 0.229 e. The molecule has 5 heterocycles. The summed E-state index contributed by atoms with van der Waals surface area (Å²) in [5, 5.41) is 11.2. The molecule has 0 radical (unpaired) electrons. The molecule has 2 saturated heterocycles. The van der Waals surface area contributed by atoms with Gasteiger partial charge in [0.2, 0.25) is 5.95 Å². The maximum Gasteiger partial charge on any atom is 0.229 e. The molecule has 5 rings (SSSR count). The Hall–Kier alpha value is -2.94. The van der Waals surface area contributed by atoms with Crippen LogP contribution in [0, 0.1) is 0 Å². The summed E-state index contributed by atoms with van der Waals surface area (Å²) in [6.07, 6.45) is 9.61. The SMILES string of the molecule is Cn1cc(Nc2nccc(N3CC4CC[C@H](C3)N4Cc3ccno3)n2)cn1. The minimum Gasteiger partial charge on any atom is -0.360 e. The molecule has 2 fully saturated rings. The highest BCUT2D eigenvalue weighted by molar-refractivity contribution is 5.53. The van der Waals surface area contributed by atoms with Gasteiger partial charge < -0.3 is 14.7 Å². The number of piperazine rings is 1. The topological polar surface area (TPSA) is 88.1 Å². The van der Waals surface area contributed by atoms with Gasteiger partial charge in [-0.05, 0) is 18.9 Å². The van der Waals surface area contributed by atoms with E-state index in [1.807, 2.05) is 31.6 Å². The lowest BCUT2D eigenvalue weighted by atomic mass is 10.2. The first kappa shape index (κ1) is 16.2. The third-order valence-electron chi connectivity index (χ3n) is 5.39. The van der Waals surface area contributed by atoms with Crippen molar-refractivity contribution < 1.29 is 4.52 Å². The molecule has 0 aromatic carbocycles. The lowest BCUT2D eigenvalue weighted by Crippen LogP contribution is -2.53. The van der Waals surface area contributed by atoms with Crippen molar-refractivity contribution in [2.75, 3.05) is 23.3 Å². The number of rotatable bonds is 5. The van der Waals surface area contributed by atoms with E-state index in [0.717, 1.165) is 36.9 Å². The van der Waals surface area contributed by atoms with Crippen LogP contribution < -0.4 is 10.2 Å². The van der Waals surface area contributed by atoms with Crippen molar-refractivity contribution >= 4 is 17.5 Å². The second-order valence-corrected chi connectivity index (χ2v) is 7.21. The number of hydrogen-bond acceptors (Lipinski definition) is 8. The number of anilines is 3. The molecule has 2 bridgehead atoms. The molecule has 0 spiro atoms. The standard InChI is InChI=1S/C18H22N8O/c1-24-9-13(8-20-24)22-18-19-6-5-17(23-18)25-10-14-2-3-15(11-25)26(14)12-16-4-7-21-27-16/h4-9,14-15H,2-3,10-12H2,1H3,(H,19,22,23)/t14-,15?/m1/s1. The van der Waals surface area contributed by atoms with E-state index in [9.17, 15) is 0 Å². The Morgan fingerprint density at radius 2 is 2.04 bits per heavy atom. The molecule has 1 unspecified atom stereocenters. The number of aromatic nitrogens is 5. The average molecular weight is 366 g/mol. The lowest BCUT2D eigenvalue weighted by molar-refractivity contribution is 0.143. The van der Waals surface area contributed by atoms with Gasteiger partial charge in [0.05, 0.1) is 24.6 Å². The van der Waals surface area contributed by atoms with Crippen molar-refractivity contribution in [3.8, 4) is 0 Å². The highest BCUT2D eigenvalue weighted by atomic mass is 16.5. The molecule has 1 N–H and O–H groups in total. The predicted octanol–water partition coefficient (Wildman–Crippen LogP) is 1.79. The van der Waals surface area contributed by atoms with Crippen LogP contribution in [0.1, 0.15) is 18.6 Å². The molecule has 9 nitrogen and oxygen atoms in total. The molecule has 0 saturated carbocycles. The summed E-state index contributed by atoms with van der Waals surface area (Å²) in [6, 6.07) is 4.96. The van der Waals surface area contributed by atoms with E-state index in [1.54, 1.807) is 17.1 Å². The number of nitrogens with zero attached hydrogens (tertiary/aromatic N) is 7. The molecule has 3 aromatic rings. The van der Waals surface area contributed by atoms with E-state index in [4.69, 9.17) is 9.51 Å². The molecule has 2 atom stereocenters. The molecule has 2 aliphatic heterocycles. The molecule has 9 heteroatoms. The number of aryl methyl sites for hydroxylation is 1. The molecule has 0 amide bonds. The number of hydrogen-bond donors (Lipinski definition) is 1. The molecule has 2 aliphatic rings. The number of nitrogens with one attached hydrogen (secondary N) is 1. The summed E-state index contributed by atoms with van der Waals surface area (Å²) in [6.45, 7) is 2.77. The highest BCUT2D eigenvalue weighted by Crippen LogP contribution is 2.33. The summed E-state index contributed by atoms with van der Waals surface area (Å²) < 4.78 is 7.05. The second kappa shape index (κ2) is 6.66. The van der Waals surface area contributed by atoms with E-state index in [2.05, 4.69) is 30.4 Å². The van der Waals surface area contributed by atoms with Gasteiger partial charge in [0.15, 0.2) is 5.76 Å². The van der Waals surface area contributed by atoms with Crippen LogP contribution >= 0.6 is 0 Å². The maximum atomic E-state index is 5.31. The molecular weight excluding hydrogens is 344 g/mol. The fourth-order valence-electron chi connectivity index (χ4n) is 4.14. The molecule has 140 valence electrons. The Labute approximate surface area is 157 Å². The van der Waals surface area contributed by atoms with Crippen LogP contribution in [0.4, 0.5) is 17.5 Å². The third-order valence-corrected chi connectivity index (χ3v) is 5.39. The zero-order valence-corrected chi connectivity index (χ0v) is 15.2. The van der Waals surface area contributed by atoms with E-state index >= 15 is 0 Å². The molecule has 27 heavy (non-hydrogen) atoms. The maximum absolute atomic E-state index is 5.31. The van der Waals surface area contributed by atoms with Crippen molar-refractivity contribution in [2.45, 2.75) is 31.5 Å². The zero-order chi connectivity index (χ0) is 18.2. The van der Waals surface area contributed by atoms with Gasteiger partial charge in [0.25, 0.3) is 0 Å². The van der Waals surface area contributed by atoms with Crippen LogP contribution in [0.25, 0.3) is 0 Å². The van der Waals surface area contributed by atoms with E-state index < -0.39 is 0 Å². The Balaban J connectivity index is 1.29. The molecule has 0 aliphatic carbocycles. The van der Waals surface area contributed by atoms with E-state index in [1.165, 1.54) is 12.8 Å². The fourth-order valence-corrected chi connectivity index (χ4v) is 4.14. The fraction of sp³-hybridized carbons (Fsp3) is 0.444. The van der Waals surface area contributed by atoms with Gasteiger partial charge in [-0.15, -0.1) is 0 Å². The summed E-state index contributed by atoms with van der Waals surface area (Å²) in [7, 11) is 1.89. The third kappa shape index (κ3) is 3.25. The van der Waals surface area contributed by atoms with Crippen LogP contribution in [0.5, 0.6) is 0 Å². The quantitative estimate of drug-likeness (QED) is 0.731. The van der Waals surface area contributed by atoms with Gasteiger partial charge in [-0.3, -0.25) is 9.58 Å². The van der Waals surface area contributed by atoms with Gasteiger partial charge >= 0.3 is 0 Å². The van der Waals surface area contributed by atoms with Gasteiger partial charge in [0, 0.05) is 50.7 Å². The molecule has 3 aromatic heterocycles. The minimum absolute atomic E-state index is 0.513. The van der Waals surface area contributed by atoms with Crippen molar-refractivity contribution in [1.29, 1.82) is 0 Å². The van der Waals surface area contributed by atoms with Crippen LogP contribution in [-0.4, -0.2) is 55.0 Å². The van der Waals surface area contributed by atoms with Crippen LogP contribution in [0.3, 0.4) is 0 Å². The van der Waals surface area contributed by atoms with Crippen molar-refractivity contribution in [3.05, 3.63) is 42.7 Å². The summed E-state index contributed by atoms with van der Waals surface area (Å²) >= 11 is 0. The summed E-state index contributed by atoms with van der Waals surface area (Å²) in [5.74, 6) is 2.50. The first-order chi connectivity index (χ1) is 13.2. The van der Waals surface area contributed by atoms with Gasteiger partial charge in [0.1, 0.15) is 5.82 Å². The van der Waals surface area contributed by atoms with E-state index in [-0.39, 0.29) is 0 Å². The van der Waals surface area contributed by atoms with Crippen molar-refractivity contribution in [2.24, 2.45) is 7.05 Å². The minimum atomic E-state index is 0.513. The second-order valence-electron chi connectivity index (χ2n) is 7.21.